The topological polar surface area (TPSA) is 86.8 Å². The summed E-state index contributed by atoms with van der Waals surface area (Å²) < 4.78 is 26.9. The maximum atomic E-state index is 14.1. The molecule has 0 aliphatic heterocycles. The Hall–Kier alpha value is -3.65. The Morgan fingerprint density at radius 2 is 1.51 bits per heavy atom. The molecular weight excluding hydrogens is 558 g/mol. The predicted octanol–water partition coefficient (Wildman–Crippen LogP) is 5.86. The van der Waals surface area contributed by atoms with E-state index in [1.165, 1.54) is 10.6 Å². The summed E-state index contributed by atoms with van der Waals surface area (Å²) in [7, 11) is -3.56. The second-order valence-electron chi connectivity index (χ2n) is 12.0. The fraction of sp³-hybridized carbons (Fsp3) is 0.429. The number of sulfonamides is 1. The summed E-state index contributed by atoms with van der Waals surface area (Å²) in [5.74, 6) is -0.303. The minimum absolute atomic E-state index is 0.116. The standard InChI is InChI=1S/C35H45N3O4S/c1-26-12-10-15-30(21-26)25-37(33(24-29-13-6-5-7-14-29)35(40)36-31-16-8-9-17-31)34(39)18-11-19-38(43(4,41)42)32-22-27(2)20-28(3)23-32/h5-7,10,12-15,20-23,31,33H,8-9,11,16-19,24-25H2,1-4H3,(H,36,40)/t33-/m1/s1. The van der Waals surface area contributed by atoms with Gasteiger partial charge in [0.1, 0.15) is 6.04 Å². The van der Waals surface area contributed by atoms with Gasteiger partial charge < -0.3 is 10.2 Å². The van der Waals surface area contributed by atoms with E-state index in [4.69, 9.17) is 0 Å². The van der Waals surface area contributed by atoms with Gasteiger partial charge in [0.2, 0.25) is 21.8 Å². The van der Waals surface area contributed by atoms with Crippen molar-refractivity contribution in [2.45, 2.75) is 84.3 Å². The second kappa shape index (κ2) is 14.7. The first-order valence-electron chi connectivity index (χ1n) is 15.2. The second-order valence-corrected chi connectivity index (χ2v) is 13.9. The average Bonchev–Trinajstić information content (AvgIpc) is 3.45. The normalized spacial score (nSPS) is 14.3. The van der Waals surface area contributed by atoms with Crippen LogP contribution in [-0.2, 0) is 32.6 Å². The lowest BCUT2D eigenvalue weighted by Crippen LogP contribution is -2.52. The number of aryl methyl sites for hydroxylation is 3. The summed E-state index contributed by atoms with van der Waals surface area (Å²) in [4.78, 5) is 29.6. The third kappa shape index (κ3) is 9.42. The number of nitrogens with one attached hydrogen (secondary N) is 1. The van der Waals surface area contributed by atoms with E-state index in [0.717, 1.165) is 53.5 Å². The van der Waals surface area contributed by atoms with Crippen molar-refractivity contribution in [3.8, 4) is 0 Å². The number of hydrogen-bond acceptors (Lipinski definition) is 4. The fourth-order valence-electron chi connectivity index (χ4n) is 6.03. The molecule has 0 bridgehead atoms. The van der Waals surface area contributed by atoms with Gasteiger partial charge >= 0.3 is 0 Å². The third-order valence-electron chi connectivity index (χ3n) is 8.05. The molecule has 0 radical (unpaired) electrons. The lowest BCUT2D eigenvalue weighted by atomic mass is 10.0. The van der Waals surface area contributed by atoms with E-state index < -0.39 is 16.1 Å². The highest BCUT2D eigenvalue weighted by Crippen LogP contribution is 2.24. The number of rotatable bonds is 13. The predicted molar refractivity (Wildman–Crippen MR) is 173 cm³/mol. The van der Waals surface area contributed by atoms with Crippen LogP contribution in [-0.4, -0.2) is 50.0 Å². The number of anilines is 1. The van der Waals surface area contributed by atoms with E-state index in [-0.39, 0.29) is 30.8 Å². The van der Waals surface area contributed by atoms with Gasteiger partial charge in [0.05, 0.1) is 11.9 Å². The van der Waals surface area contributed by atoms with Gasteiger partial charge in [-0.05, 0) is 74.4 Å². The number of carbonyl (C=O) groups is 2. The molecule has 0 unspecified atom stereocenters. The van der Waals surface area contributed by atoms with Crippen LogP contribution in [0.5, 0.6) is 0 Å². The van der Waals surface area contributed by atoms with E-state index in [0.29, 0.717) is 25.1 Å². The van der Waals surface area contributed by atoms with E-state index in [2.05, 4.69) is 5.32 Å². The summed E-state index contributed by atoms with van der Waals surface area (Å²) in [6.07, 6.45) is 6.13. The van der Waals surface area contributed by atoms with E-state index in [1.807, 2.05) is 93.6 Å². The van der Waals surface area contributed by atoms with Gasteiger partial charge in [0.25, 0.3) is 0 Å². The van der Waals surface area contributed by atoms with Crippen molar-refractivity contribution in [1.29, 1.82) is 0 Å². The van der Waals surface area contributed by atoms with Crippen molar-refractivity contribution in [2.75, 3.05) is 17.1 Å². The summed E-state index contributed by atoms with van der Waals surface area (Å²) in [6, 6.07) is 22.9. The molecule has 3 aromatic carbocycles. The Labute approximate surface area is 257 Å². The minimum Gasteiger partial charge on any atom is -0.352 e. The molecule has 3 aromatic rings. The number of amides is 2. The van der Waals surface area contributed by atoms with Gasteiger partial charge in [-0.1, -0.05) is 79.1 Å². The third-order valence-corrected chi connectivity index (χ3v) is 9.25. The first kappa shape index (κ1) is 32.3. The molecule has 2 amide bonds. The summed E-state index contributed by atoms with van der Waals surface area (Å²) in [5.41, 5.74) is 5.56. The Kier molecular flexibility index (Phi) is 11.0. The van der Waals surface area contributed by atoms with Crippen molar-refractivity contribution in [2.24, 2.45) is 0 Å². The molecule has 0 heterocycles. The maximum Gasteiger partial charge on any atom is 0.243 e. The quantitative estimate of drug-likeness (QED) is 0.265. The van der Waals surface area contributed by atoms with Gasteiger partial charge in [-0.2, -0.15) is 0 Å². The van der Waals surface area contributed by atoms with Crippen LogP contribution in [0.4, 0.5) is 5.69 Å². The number of benzene rings is 3. The Morgan fingerprint density at radius 3 is 2.14 bits per heavy atom. The highest BCUT2D eigenvalue weighted by atomic mass is 32.2. The lowest BCUT2D eigenvalue weighted by Gasteiger charge is -2.33. The number of nitrogens with zero attached hydrogens (tertiary/aromatic N) is 2. The number of carbonyl (C=O) groups excluding carboxylic acids is 2. The largest absolute Gasteiger partial charge is 0.352 e. The highest BCUT2D eigenvalue weighted by molar-refractivity contribution is 7.92. The van der Waals surface area contributed by atoms with Crippen molar-refractivity contribution in [3.05, 3.63) is 101 Å². The van der Waals surface area contributed by atoms with Crippen molar-refractivity contribution in [1.82, 2.24) is 10.2 Å². The van der Waals surface area contributed by atoms with E-state index >= 15 is 0 Å². The molecule has 230 valence electrons. The molecule has 1 aliphatic carbocycles. The van der Waals surface area contributed by atoms with Crippen LogP contribution in [0, 0.1) is 20.8 Å². The molecule has 1 N–H and O–H groups in total. The molecule has 1 saturated carbocycles. The summed E-state index contributed by atoms with van der Waals surface area (Å²) in [6.45, 7) is 6.35. The zero-order valence-electron chi connectivity index (χ0n) is 25.9. The average molecular weight is 604 g/mol. The number of hydrogen-bond donors (Lipinski definition) is 1. The Morgan fingerprint density at radius 1 is 0.860 bits per heavy atom. The van der Waals surface area contributed by atoms with Crippen LogP contribution in [0.2, 0.25) is 0 Å². The van der Waals surface area contributed by atoms with Crippen molar-refractivity contribution < 1.29 is 18.0 Å². The maximum absolute atomic E-state index is 14.1. The van der Waals surface area contributed by atoms with Crippen molar-refractivity contribution in [3.63, 3.8) is 0 Å². The van der Waals surface area contributed by atoms with Crippen LogP contribution < -0.4 is 9.62 Å². The van der Waals surface area contributed by atoms with E-state index in [1.54, 1.807) is 4.90 Å². The molecule has 7 nitrogen and oxygen atoms in total. The summed E-state index contributed by atoms with van der Waals surface area (Å²) in [5, 5.41) is 3.24. The Balaban J connectivity index is 1.59. The van der Waals surface area contributed by atoms with Crippen LogP contribution in [0.3, 0.4) is 0 Å². The molecule has 43 heavy (non-hydrogen) atoms. The van der Waals surface area contributed by atoms with Crippen LogP contribution in [0.1, 0.15) is 66.3 Å². The van der Waals surface area contributed by atoms with Gasteiger partial charge in [0, 0.05) is 32.0 Å². The smallest absolute Gasteiger partial charge is 0.243 e. The SMILES string of the molecule is Cc1cccc(CN(C(=O)CCCN(c2cc(C)cc(C)c2)S(C)(=O)=O)[C@H](Cc2ccccc2)C(=O)NC2CCCC2)c1. The van der Waals surface area contributed by atoms with Gasteiger partial charge in [-0.25, -0.2) is 8.42 Å². The molecular formula is C35H45N3O4S. The molecule has 0 saturated heterocycles. The fourth-order valence-corrected chi connectivity index (χ4v) is 6.98. The highest BCUT2D eigenvalue weighted by Gasteiger charge is 2.32. The molecule has 8 heteroatoms. The van der Waals surface area contributed by atoms with Gasteiger partial charge in [-0.15, -0.1) is 0 Å². The zero-order valence-corrected chi connectivity index (χ0v) is 26.7. The van der Waals surface area contributed by atoms with E-state index in [9.17, 15) is 18.0 Å². The van der Waals surface area contributed by atoms with Gasteiger partial charge in [0.15, 0.2) is 0 Å². The van der Waals surface area contributed by atoms with Gasteiger partial charge in [-0.3, -0.25) is 13.9 Å². The molecule has 1 fully saturated rings. The van der Waals surface area contributed by atoms with Crippen LogP contribution >= 0.6 is 0 Å². The van der Waals surface area contributed by atoms with Crippen LogP contribution in [0.15, 0.2) is 72.8 Å². The lowest BCUT2D eigenvalue weighted by molar-refractivity contribution is -0.141. The molecule has 1 atom stereocenters. The molecule has 1 aliphatic rings. The monoisotopic (exact) mass is 603 g/mol. The first-order chi connectivity index (χ1) is 20.5. The summed E-state index contributed by atoms with van der Waals surface area (Å²) >= 11 is 0. The molecule has 0 spiro atoms. The Bertz CT molecular complexity index is 1480. The minimum atomic E-state index is -3.56. The first-order valence-corrected chi connectivity index (χ1v) is 17.1. The van der Waals surface area contributed by atoms with Crippen LogP contribution in [0.25, 0.3) is 0 Å². The molecule has 0 aromatic heterocycles. The molecule has 4 rings (SSSR count). The van der Waals surface area contributed by atoms with Crippen molar-refractivity contribution >= 4 is 27.5 Å². The zero-order chi connectivity index (χ0) is 31.0.